The fourth-order valence-corrected chi connectivity index (χ4v) is 4.78. The van der Waals surface area contributed by atoms with Gasteiger partial charge in [-0.05, 0) is 60.4 Å². The van der Waals surface area contributed by atoms with E-state index in [1.54, 1.807) is 18.3 Å². The number of amides is 1. The number of aryl methyl sites for hydroxylation is 1. The number of fused-ring (bicyclic) bond motifs is 1. The third kappa shape index (κ3) is 5.21. The van der Waals surface area contributed by atoms with Gasteiger partial charge in [-0.1, -0.05) is 72.4 Å². The van der Waals surface area contributed by atoms with Crippen LogP contribution < -0.4 is 10.9 Å². The molecule has 1 amide bonds. The van der Waals surface area contributed by atoms with Crippen molar-refractivity contribution in [3.8, 4) is 5.82 Å². The molecule has 178 valence electrons. The molecule has 0 saturated carbocycles. The zero-order chi connectivity index (χ0) is 24.9. The Morgan fingerprint density at radius 1 is 0.944 bits per heavy atom. The van der Waals surface area contributed by atoms with E-state index in [1.165, 1.54) is 21.9 Å². The molecule has 3 aromatic carbocycles. The zero-order valence-corrected chi connectivity index (χ0v) is 20.5. The molecule has 5 aromatic rings. The number of aromatic nitrogens is 3. The Balaban J connectivity index is 1.40. The second kappa shape index (κ2) is 10.6. The Bertz CT molecular complexity index is 1600. The molecule has 0 aliphatic rings. The molecule has 0 atom stereocenters. The molecule has 0 aliphatic heterocycles. The van der Waals surface area contributed by atoms with E-state index in [9.17, 15) is 9.59 Å². The molecule has 0 unspecified atom stereocenters. The van der Waals surface area contributed by atoms with Crippen LogP contribution >= 0.6 is 11.8 Å². The summed E-state index contributed by atoms with van der Waals surface area (Å²) in [6.07, 6.45) is 2.38. The second-order valence-corrected chi connectivity index (χ2v) is 9.34. The van der Waals surface area contributed by atoms with Gasteiger partial charge in [0.05, 0.1) is 16.7 Å². The fraction of sp³-hybridized carbons (Fsp3) is 0.103. The topological polar surface area (TPSA) is 76.9 Å². The van der Waals surface area contributed by atoms with Crippen LogP contribution in [0.15, 0.2) is 107 Å². The molecule has 0 fully saturated rings. The van der Waals surface area contributed by atoms with Crippen molar-refractivity contribution in [2.75, 3.05) is 11.1 Å². The van der Waals surface area contributed by atoms with Crippen LogP contribution in [0.3, 0.4) is 0 Å². The highest BCUT2D eigenvalue weighted by Gasteiger charge is 2.16. The first kappa shape index (κ1) is 23.5. The first-order valence-corrected chi connectivity index (χ1v) is 12.6. The maximum atomic E-state index is 13.4. The van der Waals surface area contributed by atoms with Crippen LogP contribution in [0.2, 0.25) is 0 Å². The molecule has 5 rings (SSSR count). The Labute approximate surface area is 213 Å². The number of anilines is 1. The predicted octanol–water partition coefficient (Wildman–Crippen LogP) is 5.41. The first-order valence-electron chi connectivity index (χ1n) is 11.6. The van der Waals surface area contributed by atoms with Crippen molar-refractivity contribution in [3.63, 3.8) is 0 Å². The normalized spacial score (nSPS) is 10.9. The van der Waals surface area contributed by atoms with Crippen LogP contribution in [-0.2, 0) is 11.2 Å². The van der Waals surface area contributed by atoms with E-state index < -0.39 is 0 Å². The molecule has 0 radical (unpaired) electrons. The predicted molar refractivity (Wildman–Crippen MR) is 145 cm³/mol. The number of nitrogens with zero attached hydrogens (tertiary/aromatic N) is 3. The van der Waals surface area contributed by atoms with Gasteiger partial charge in [0.1, 0.15) is 5.82 Å². The molecule has 36 heavy (non-hydrogen) atoms. The number of carbonyl (C=O) groups is 1. The van der Waals surface area contributed by atoms with Gasteiger partial charge in [0.15, 0.2) is 5.16 Å². The van der Waals surface area contributed by atoms with Gasteiger partial charge in [0.2, 0.25) is 5.91 Å². The number of rotatable bonds is 7. The molecule has 0 saturated heterocycles. The van der Waals surface area contributed by atoms with Gasteiger partial charge >= 0.3 is 0 Å². The standard InChI is InChI=1S/C29H24N4O2S/c1-20-15-16-30-26(17-20)33-28(35)23-12-6-8-14-25(23)32-29(33)36-19-27(34)31-24-13-7-5-11-22(24)18-21-9-3-2-4-10-21/h2-17H,18-19H2,1H3,(H,31,34). The van der Waals surface area contributed by atoms with E-state index in [0.29, 0.717) is 21.9 Å². The van der Waals surface area contributed by atoms with Crippen molar-refractivity contribution in [1.29, 1.82) is 0 Å². The van der Waals surface area contributed by atoms with Crippen molar-refractivity contribution in [3.05, 3.63) is 124 Å². The lowest BCUT2D eigenvalue weighted by Crippen LogP contribution is -2.23. The van der Waals surface area contributed by atoms with E-state index in [4.69, 9.17) is 4.98 Å². The van der Waals surface area contributed by atoms with Crippen molar-refractivity contribution in [2.24, 2.45) is 0 Å². The van der Waals surface area contributed by atoms with Gasteiger partial charge in [-0.2, -0.15) is 0 Å². The highest BCUT2D eigenvalue weighted by Crippen LogP contribution is 2.23. The van der Waals surface area contributed by atoms with Crippen molar-refractivity contribution >= 4 is 34.3 Å². The SMILES string of the molecule is Cc1ccnc(-n2c(SCC(=O)Nc3ccccc3Cc3ccccc3)nc3ccccc3c2=O)c1. The quantitative estimate of drug-likeness (QED) is 0.243. The number of carbonyl (C=O) groups excluding carboxylic acids is 1. The Morgan fingerprint density at radius 2 is 1.69 bits per heavy atom. The number of para-hydroxylation sites is 2. The summed E-state index contributed by atoms with van der Waals surface area (Å²) in [5, 5.41) is 3.96. The smallest absolute Gasteiger partial charge is 0.267 e. The number of thioether (sulfide) groups is 1. The van der Waals surface area contributed by atoms with E-state index in [1.807, 2.05) is 73.7 Å². The maximum absolute atomic E-state index is 13.4. The number of hydrogen-bond donors (Lipinski definition) is 1. The summed E-state index contributed by atoms with van der Waals surface area (Å²) in [7, 11) is 0. The fourth-order valence-electron chi connectivity index (χ4n) is 3.98. The number of benzene rings is 3. The molecule has 0 spiro atoms. The maximum Gasteiger partial charge on any atom is 0.267 e. The van der Waals surface area contributed by atoms with E-state index >= 15 is 0 Å². The van der Waals surface area contributed by atoms with Gasteiger partial charge in [-0.15, -0.1) is 0 Å². The highest BCUT2D eigenvalue weighted by molar-refractivity contribution is 7.99. The molecule has 1 N–H and O–H groups in total. The molecule has 7 heteroatoms. The molecule has 0 bridgehead atoms. The van der Waals surface area contributed by atoms with Crippen LogP contribution in [0.1, 0.15) is 16.7 Å². The van der Waals surface area contributed by atoms with Crippen molar-refractivity contribution in [1.82, 2.24) is 14.5 Å². The summed E-state index contributed by atoms with van der Waals surface area (Å²) in [5.74, 6) is 0.400. The highest BCUT2D eigenvalue weighted by atomic mass is 32.2. The molecule has 0 aliphatic carbocycles. The van der Waals surface area contributed by atoms with Crippen LogP contribution in [0.25, 0.3) is 16.7 Å². The Hall–Kier alpha value is -4.23. The summed E-state index contributed by atoms with van der Waals surface area (Å²) < 4.78 is 1.48. The number of nitrogens with one attached hydrogen (secondary N) is 1. The molecular weight excluding hydrogens is 468 g/mol. The minimum atomic E-state index is -0.213. The lowest BCUT2D eigenvalue weighted by atomic mass is 10.0. The van der Waals surface area contributed by atoms with Crippen LogP contribution in [0, 0.1) is 6.92 Å². The van der Waals surface area contributed by atoms with Gasteiger partial charge in [0.25, 0.3) is 5.56 Å². The Morgan fingerprint density at radius 3 is 2.53 bits per heavy atom. The largest absolute Gasteiger partial charge is 0.325 e. The minimum Gasteiger partial charge on any atom is -0.325 e. The van der Waals surface area contributed by atoms with Gasteiger partial charge in [-0.3, -0.25) is 9.59 Å². The third-order valence-electron chi connectivity index (χ3n) is 5.74. The third-order valence-corrected chi connectivity index (χ3v) is 6.67. The van der Waals surface area contributed by atoms with Crippen LogP contribution in [0.5, 0.6) is 0 Å². The summed E-state index contributed by atoms with van der Waals surface area (Å²) in [6.45, 7) is 1.94. The molecule has 2 aromatic heterocycles. The summed E-state index contributed by atoms with van der Waals surface area (Å²) in [6, 6.07) is 28.8. The summed E-state index contributed by atoms with van der Waals surface area (Å²) in [5.41, 5.74) is 4.33. The number of pyridine rings is 1. The van der Waals surface area contributed by atoms with Crippen molar-refractivity contribution < 1.29 is 4.79 Å². The summed E-state index contributed by atoms with van der Waals surface area (Å²) in [4.78, 5) is 35.5. The van der Waals surface area contributed by atoms with Crippen molar-refractivity contribution in [2.45, 2.75) is 18.5 Å². The van der Waals surface area contributed by atoms with Gasteiger partial charge in [-0.25, -0.2) is 14.5 Å². The average molecular weight is 493 g/mol. The minimum absolute atomic E-state index is 0.0935. The van der Waals surface area contributed by atoms with Crippen LogP contribution in [-0.4, -0.2) is 26.2 Å². The number of hydrogen-bond acceptors (Lipinski definition) is 5. The van der Waals surface area contributed by atoms with Gasteiger partial charge < -0.3 is 5.32 Å². The zero-order valence-electron chi connectivity index (χ0n) is 19.7. The van der Waals surface area contributed by atoms with Gasteiger partial charge in [0, 0.05) is 11.9 Å². The second-order valence-electron chi connectivity index (χ2n) is 8.40. The Kier molecular flexibility index (Phi) is 6.91. The van der Waals surface area contributed by atoms with Crippen LogP contribution in [0.4, 0.5) is 5.69 Å². The molecule has 6 nitrogen and oxygen atoms in total. The molecule has 2 heterocycles. The van der Waals surface area contributed by atoms with E-state index in [-0.39, 0.29) is 17.2 Å². The van der Waals surface area contributed by atoms with E-state index in [2.05, 4.69) is 22.4 Å². The van der Waals surface area contributed by atoms with E-state index in [0.717, 1.165) is 23.2 Å². The lowest BCUT2D eigenvalue weighted by molar-refractivity contribution is -0.113. The summed E-state index contributed by atoms with van der Waals surface area (Å²) >= 11 is 1.21. The monoisotopic (exact) mass is 492 g/mol. The first-order chi connectivity index (χ1) is 17.6. The molecular formula is C29H24N4O2S. The lowest BCUT2D eigenvalue weighted by Gasteiger charge is -2.14. The average Bonchev–Trinajstić information content (AvgIpc) is 2.89.